The van der Waals surface area contributed by atoms with Crippen molar-refractivity contribution in [1.29, 1.82) is 0 Å². The van der Waals surface area contributed by atoms with Gasteiger partial charge in [0, 0.05) is 0 Å². The average Bonchev–Trinajstić information content (AvgIpc) is 2.25. The maximum Gasteiger partial charge on any atom is 0.310 e. The summed E-state index contributed by atoms with van der Waals surface area (Å²) in [6.07, 6.45) is -2.52. The Labute approximate surface area is 96.6 Å². The normalized spacial score (nSPS) is 10.7. The molecule has 0 radical (unpaired) electrons. The number of aromatic nitrogens is 1. The van der Waals surface area contributed by atoms with E-state index in [2.05, 4.69) is 9.72 Å². The molecule has 1 aromatic rings. The molecule has 0 fully saturated rings. The van der Waals surface area contributed by atoms with E-state index in [1.165, 1.54) is 6.92 Å². The van der Waals surface area contributed by atoms with Gasteiger partial charge in [0.25, 0.3) is 6.43 Å². The summed E-state index contributed by atoms with van der Waals surface area (Å²) in [7, 11) is 0. The van der Waals surface area contributed by atoms with Crippen molar-refractivity contribution in [2.24, 2.45) is 0 Å². The highest BCUT2D eigenvalue weighted by Gasteiger charge is 2.21. The minimum Gasteiger partial charge on any atom is -0.466 e. The lowest BCUT2D eigenvalue weighted by atomic mass is 10.0. The number of pyridine rings is 1. The molecule has 0 aliphatic heterocycles. The number of nitrogens with zero attached hydrogens (tertiary/aromatic N) is 1. The van der Waals surface area contributed by atoms with Crippen LogP contribution in [0.3, 0.4) is 0 Å². The summed E-state index contributed by atoms with van der Waals surface area (Å²) in [6, 6.07) is 0. The molecule has 0 aromatic carbocycles. The van der Waals surface area contributed by atoms with Crippen molar-refractivity contribution in [3.63, 3.8) is 0 Å². The molecule has 0 atom stereocenters. The van der Waals surface area contributed by atoms with E-state index in [9.17, 15) is 18.0 Å². The van der Waals surface area contributed by atoms with Crippen LogP contribution in [0.1, 0.15) is 30.2 Å². The van der Waals surface area contributed by atoms with E-state index >= 15 is 0 Å². The number of esters is 1. The molecule has 3 nitrogen and oxygen atoms in total. The standard InChI is InChI=1S/C11H12F3NO2/c1-3-17-9(16)4-7-6(2)8(12)5-15-10(7)11(13)14/h5,11H,3-4H2,1-2H3. The van der Waals surface area contributed by atoms with Crippen molar-refractivity contribution < 1.29 is 22.7 Å². The first-order valence-electron chi connectivity index (χ1n) is 5.05. The highest BCUT2D eigenvalue weighted by molar-refractivity contribution is 5.73. The lowest BCUT2D eigenvalue weighted by molar-refractivity contribution is -0.142. The average molecular weight is 247 g/mol. The number of ether oxygens (including phenoxy) is 1. The molecule has 0 saturated carbocycles. The molecule has 0 unspecified atom stereocenters. The highest BCUT2D eigenvalue weighted by Crippen LogP contribution is 2.25. The summed E-state index contributed by atoms with van der Waals surface area (Å²) in [6.45, 7) is 3.07. The Morgan fingerprint density at radius 2 is 2.18 bits per heavy atom. The van der Waals surface area contributed by atoms with Crippen molar-refractivity contribution in [3.05, 3.63) is 28.8 Å². The minimum absolute atomic E-state index is 0.00310. The molecule has 0 saturated heterocycles. The summed E-state index contributed by atoms with van der Waals surface area (Å²) in [5.41, 5.74) is -0.668. The van der Waals surface area contributed by atoms with Gasteiger partial charge in [0.05, 0.1) is 19.2 Å². The van der Waals surface area contributed by atoms with Crippen molar-refractivity contribution in [2.45, 2.75) is 26.7 Å². The second-order valence-corrected chi connectivity index (χ2v) is 3.38. The van der Waals surface area contributed by atoms with Crippen molar-refractivity contribution >= 4 is 5.97 Å². The van der Waals surface area contributed by atoms with Crippen LogP contribution in [-0.4, -0.2) is 17.6 Å². The number of carbonyl (C=O) groups is 1. The summed E-state index contributed by atoms with van der Waals surface area (Å²) in [5.74, 6) is -1.39. The Bertz CT molecular complexity index is 421. The van der Waals surface area contributed by atoms with E-state index in [-0.39, 0.29) is 17.7 Å². The zero-order valence-electron chi connectivity index (χ0n) is 9.47. The number of carbonyl (C=O) groups excluding carboxylic acids is 1. The van der Waals surface area contributed by atoms with Gasteiger partial charge < -0.3 is 4.74 Å². The highest BCUT2D eigenvalue weighted by atomic mass is 19.3. The van der Waals surface area contributed by atoms with Crippen LogP contribution in [0.2, 0.25) is 0 Å². The van der Waals surface area contributed by atoms with Crippen LogP contribution >= 0.6 is 0 Å². The molecule has 1 aromatic heterocycles. The quantitative estimate of drug-likeness (QED) is 0.767. The first kappa shape index (κ1) is 13.5. The van der Waals surface area contributed by atoms with Gasteiger partial charge in [-0.05, 0) is 25.0 Å². The van der Waals surface area contributed by atoms with Gasteiger partial charge in [-0.15, -0.1) is 0 Å². The van der Waals surface area contributed by atoms with Crippen molar-refractivity contribution in [1.82, 2.24) is 4.98 Å². The van der Waals surface area contributed by atoms with Crippen LogP contribution in [0.4, 0.5) is 13.2 Å². The van der Waals surface area contributed by atoms with E-state index < -0.39 is 30.3 Å². The fourth-order valence-corrected chi connectivity index (χ4v) is 1.40. The molecule has 0 spiro atoms. The van der Waals surface area contributed by atoms with Crippen LogP contribution < -0.4 is 0 Å². The fraction of sp³-hybridized carbons (Fsp3) is 0.455. The molecule has 0 amide bonds. The van der Waals surface area contributed by atoms with Crippen LogP contribution in [-0.2, 0) is 16.0 Å². The number of hydrogen-bond donors (Lipinski definition) is 0. The number of halogens is 3. The third kappa shape index (κ3) is 3.18. The summed E-state index contributed by atoms with van der Waals surface area (Å²) >= 11 is 0. The van der Waals surface area contributed by atoms with Crippen LogP contribution in [0, 0.1) is 12.7 Å². The topological polar surface area (TPSA) is 39.2 Å². The molecular formula is C11H12F3NO2. The number of hydrogen-bond acceptors (Lipinski definition) is 3. The summed E-state index contributed by atoms with van der Waals surface area (Å²) in [5, 5.41) is 0. The molecule has 17 heavy (non-hydrogen) atoms. The minimum atomic E-state index is -2.85. The Morgan fingerprint density at radius 3 is 2.71 bits per heavy atom. The lowest BCUT2D eigenvalue weighted by Gasteiger charge is -2.11. The fourth-order valence-electron chi connectivity index (χ4n) is 1.40. The van der Waals surface area contributed by atoms with Crippen LogP contribution in [0.5, 0.6) is 0 Å². The zero-order valence-corrected chi connectivity index (χ0v) is 9.47. The predicted molar refractivity (Wildman–Crippen MR) is 54.2 cm³/mol. The molecule has 6 heteroatoms. The van der Waals surface area contributed by atoms with Crippen LogP contribution in [0.15, 0.2) is 6.20 Å². The van der Waals surface area contributed by atoms with Gasteiger partial charge in [0.15, 0.2) is 0 Å². The Balaban J connectivity index is 3.10. The SMILES string of the molecule is CCOC(=O)Cc1c(C(F)F)ncc(F)c1C. The predicted octanol–water partition coefficient (Wildman–Crippen LogP) is 2.57. The van der Waals surface area contributed by atoms with Crippen molar-refractivity contribution in [3.8, 4) is 0 Å². The molecule has 0 N–H and O–H groups in total. The summed E-state index contributed by atoms with van der Waals surface area (Å²) < 4.78 is 43.1. The lowest BCUT2D eigenvalue weighted by Crippen LogP contribution is -2.13. The van der Waals surface area contributed by atoms with E-state index in [0.29, 0.717) is 0 Å². The van der Waals surface area contributed by atoms with Gasteiger partial charge in [-0.25, -0.2) is 13.2 Å². The smallest absolute Gasteiger partial charge is 0.310 e. The van der Waals surface area contributed by atoms with Gasteiger partial charge in [-0.1, -0.05) is 0 Å². The van der Waals surface area contributed by atoms with E-state index in [1.54, 1.807) is 6.92 Å². The Hall–Kier alpha value is -1.59. The first-order chi connectivity index (χ1) is 7.97. The molecule has 94 valence electrons. The van der Waals surface area contributed by atoms with E-state index in [1.807, 2.05) is 0 Å². The second kappa shape index (κ2) is 5.65. The Morgan fingerprint density at radius 1 is 1.53 bits per heavy atom. The maximum absolute atomic E-state index is 13.2. The van der Waals surface area contributed by atoms with E-state index in [4.69, 9.17) is 0 Å². The van der Waals surface area contributed by atoms with Gasteiger partial charge in [-0.3, -0.25) is 9.78 Å². The third-order valence-corrected chi connectivity index (χ3v) is 2.27. The van der Waals surface area contributed by atoms with E-state index in [0.717, 1.165) is 6.20 Å². The molecule has 0 bridgehead atoms. The maximum atomic E-state index is 13.2. The monoisotopic (exact) mass is 247 g/mol. The molecule has 0 aliphatic carbocycles. The van der Waals surface area contributed by atoms with Gasteiger partial charge in [0.1, 0.15) is 11.5 Å². The number of alkyl halides is 2. The van der Waals surface area contributed by atoms with Gasteiger partial charge >= 0.3 is 5.97 Å². The van der Waals surface area contributed by atoms with Crippen molar-refractivity contribution in [2.75, 3.05) is 6.61 Å². The third-order valence-electron chi connectivity index (χ3n) is 2.27. The van der Waals surface area contributed by atoms with Gasteiger partial charge in [0.2, 0.25) is 0 Å². The molecule has 1 rings (SSSR count). The molecular weight excluding hydrogens is 235 g/mol. The largest absolute Gasteiger partial charge is 0.466 e. The summed E-state index contributed by atoms with van der Waals surface area (Å²) in [4.78, 5) is 14.6. The first-order valence-corrected chi connectivity index (χ1v) is 5.05. The Kier molecular flexibility index (Phi) is 4.48. The second-order valence-electron chi connectivity index (χ2n) is 3.38. The molecule has 0 aliphatic rings. The van der Waals surface area contributed by atoms with Crippen LogP contribution in [0.25, 0.3) is 0 Å². The number of rotatable bonds is 4. The molecule has 1 heterocycles. The zero-order chi connectivity index (χ0) is 13.0. The van der Waals surface area contributed by atoms with Gasteiger partial charge in [-0.2, -0.15) is 0 Å².